The lowest BCUT2D eigenvalue weighted by molar-refractivity contribution is -0.164. The van der Waals surface area contributed by atoms with Gasteiger partial charge >= 0.3 is 5.97 Å². The van der Waals surface area contributed by atoms with Crippen LogP contribution in [0.4, 0.5) is 0 Å². The van der Waals surface area contributed by atoms with Gasteiger partial charge < -0.3 is 10.1 Å². The summed E-state index contributed by atoms with van der Waals surface area (Å²) in [5.41, 5.74) is -0.319. The van der Waals surface area contributed by atoms with Crippen molar-refractivity contribution in [3.8, 4) is 0 Å². The summed E-state index contributed by atoms with van der Waals surface area (Å²) in [4.78, 5) is 70.0. The minimum atomic E-state index is -2.13. The van der Waals surface area contributed by atoms with Crippen LogP contribution < -0.4 is 16.2 Å². The first-order chi connectivity index (χ1) is 20.2. The minimum absolute atomic E-state index is 0.109. The van der Waals surface area contributed by atoms with Crippen LogP contribution in [0, 0.1) is 6.92 Å². The van der Waals surface area contributed by atoms with Crippen LogP contribution >= 0.6 is 11.6 Å². The first-order valence-electron chi connectivity index (χ1n) is 13.3. The number of aromatic nitrogens is 2. The lowest BCUT2D eigenvalue weighted by Gasteiger charge is -2.35. The zero-order valence-corrected chi connectivity index (χ0v) is 23.4. The van der Waals surface area contributed by atoms with Gasteiger partial charge in [-0.2, -0.15) is 0 Å². The molecule has 0 radical (unpaired) electrons. The first kappa shape index (κ1) is 28.7. The van der Waals surface area contributed by atoms with Crippen LogP contribution in [0.1, 0.15) is 35.4 Å². The van der Waals surface area contributed by atoms with Gasteiger partial charge in [-0.3, -0.25) is 29.1 Å². The summed E-state index contributed by atoms with van der Waals surface area (Å²) in [6.07, 6.45) is -0.283. The maximum Gasteiger partial charge on any atom is 0.342 e. The number of nitrogens with zero attached hydrogens (tertiary/aromatic N) is 2. The summed E-state index contributed by atoms with van der Waals surface area (Å²) in [6, 6.07) is 20.8. The van der Waals surface area contributed by atoms with Gasteiger partial charge in [0.2, 0.25) is 17.4 Å². The number of halogens is 1. The first-order valence-corrected chi connectivity index (χ1v) is 13.6. The molecule has 1 aromatic heterocycles. The average molecular weight is 587 g/mol. The zero-order chi connectivity index (χ0) is 29.9. The molecule has 42 heavy (non-hydrogen) atoms. The number of imide groups is 1. The fourth-order valence-corrected chi connectivity index (χ4v) is 5.12. The summed E-state index contributed by atoms with van der Waals surface area (Å²) in [6.45, 7) is 1.52. The van der Waals surface area contributed by atoms with E-state index < -0.39 is 28.9 Å². The number of nitrogens with one attached hydrogen (secondary N) is 2. The minimum Gasteiger partial charge on any atom is -0.459 e. The molecule has 1 fully saturated rings. The normalized spacial score (nSPS) is 16.6. The van der Waals surface area contributed by atoms with E-state index in [0.29, 0.717) is 21.7 Å². The van der Waals surface area contributed by atoms with Crippen molar-refractivity contribution >= 4 is 46.2 Å². The van der Waals surface area contributed by atoms with E-state index in [1.54, 1.807) is 66.7 Å². The highest BCUT2D eigenvalue weighted by molar-refractivity contribution is 6.30. The molecular formula is C31H27ClN4O6. The number of rotatable bonds is 8. The standard InChI is InChI=1S/C31H27ClN4O6/c1-19-34-25-12-9-22(17-33-27(38)16-20-7-10-23(32)11-8-20)15-24(25)28(39)36(19)31(14-13-26(37)35-29(31)40)30(41)42-18-21-5-3-2-4-6-21/h2-12,15H,13-14,16-18H2,1H3,(H,33,38)(H,35,37,40)/t31-/m1/s1. The molecule has 1 atom stereocenters. The number of hydrogen-bond donors (Lipinski definition) is 2. The van der Waals surface area contributed by atoms with E-state index in [-0.39, 0.29) is 49.5 Å². The quantitative estimate of drug-likeness (QED) is 0.184. The molecule has 5 rings (SSSR count). The van der Waals surface area contributed by atoms with Crippen LogP contribution in [-0.4, -0.2) is 33.2 Å². The molecule has 0 aliphatic carbocycles. The Hall–Kier alpha value is -4.83. The molecule has 214 valence electrons. The van der Waals surface area contributed by atoms with Crippen molar-refractivity contribution in [2.45, 2.75) is 44.9 Å². The summed E-state index contributed by atoms with van der Waals surface area (Å²) in [5.74, 6) is -2.58. The van der Waals surface area contributed by atoms with Crippen LogP contribution in [0.15, 0.2) is 77.6 Å². The molecule has 2 heterocycles. The lowest BCUT2D eigenvalue weighted by atomic mass is 9.87. The molecule has 4 aromatic rings. The van der Waals surface area contributed by atoms with Crippen LogP contribution in [0.25, 0.3) is 10.9 Å². The summed E-state index contributed by atoms with van der Waals surface area (Å²) < 4.78 is 6.56. The second kappa shape index (κ2) is 12.0. The molecule has 3 amide bonds. The highest BCUT2D eigenvalue weighted by Crippen LogP contribution is 2.30. The third kappa shape index (κ3) is 5.80. The Kier molecular flexibility index (Phi) is 8.17. The fourth-order valence-electron chi connectivity index (χ4n) is 5.00. The summed E-state index contributed by atoms with van der Waals surface area (Å²) in [5, 5.41) is 5.75. The molecule has 1 aliphatic heterocycles. The number of amides is 3. The van der Waals surface area contributed by atoms with Crippen LogP contribution in [-0.2, 0) is 49.0 Å². The molecule has 3 aromatic carbocycles. The highest BCUT2D eigenvalue weighted by atomic mass is 35.5. The number of benzene rings is 3. The lowest BCUT2D eigenvalue weighted by Crippen LogP contribution is -2.62. The van der Waals surface area contributed by atoms with E-state index in [1.807, 2.05) is 6.07 Å². The van der Waals surface area contributed by atoms with Gasteiger partial charge in [-0.25, -0.2) is 9.78 Å². The van der Waals surface area contributed by atoms with Crippen LogP contribution in [0.5, 0.6) is 0 Å². The molecule has 10 nitrogen and oxygen atoms in total. The van der Waals surface area contributed by atoms with Gasteiger partial charge in [0.15, 0.2) is 0 Å². The van der Waals surface area contributed by atoms with E-state index in [2.05, 4.69) is 15.6 Å². The largest absolute Gasteiger partial charge is 0.459 e. The number of ether oxygens (including phenoxy) is 1. The third-order valence-electron chi connectivity index (χ3n) is 7.14. The SMILES string of the molecule is Cc1nc2ccc(CNC(=O)Cc3ccc(Cl)cc3)cc2c(=O)n1[C@]1(C(=O)OCc2ccccc2)CCC(=O)NC1=O. The van der Waals surface area contributed by atoms with Gasteiger partial charge in [0, 0.05) is 18.0 Å². The Bertz CT molecular complexity index is 1750. The Morgan fingerprint density at radius 2 is 1.71 bits per heavy atom. The van der Waals surface area contributed by atoms with Crippen molar-refractivity contribution in [2.24, 2.45) is 0 Å². The molecule has 0 saturated carbocycles. The topological polar surface area (TPSA) is 136 Å². The molecule has 0 bridgehead atoms. The van der Waals surface area contributed by atoms with Crippen molar-refractivity contribution in [2.75, 3.05) is 0 Å². The highest BCUT2D eigenvalue weighted by Gasteiger charge is 2.54. The number of carbonyl (C=O) groups is 4. The second-order valence-electron chi connectivity index (χ2n) is 10.0. The number of hydrogen-bond acceptors (Lipinski definition) is 7. The van der Waals surface area contributed by atoms with Crippen molar-refractivity contribution in [3.63, 3.8) is 0 Å². The predicted octanol–water partition coefficient (Wildman–Crippen LogP) is 3.09. The molecule has 0 spiro atoms. The van der Waals surface area contributed by atoms with E-state index >= 15 is 0 Å². The van der Waals surface area contributed by atoms with Crippen LogP contribution in [0.3, 0.4) is 0 Å². The molecule has 1 saturated heterocycles. The number of esters is 1. The van der Waals surface area contributed by atoms with Gasteiger partial charge in [0.1, 0.15) is 12.4 Å². The molecule has 1 aliphatic rings. The average Bonchev–Trinajstić information content (AvgIpc) is 2.98. The number of carbonyl (C=O) groups excluding carboxylic acids is 4. The van der Waals surface area contributed by atoms with Crippen molar-refractivity contribution < 1.29 is 23.9 Å². The maximum absolute atomic E-state index is 14.0. The number of piperidine rings is 1. The van der Waals surface area contributed by atoms with Crippen molar-refractivity contribution in [1.82, 2.24) is 20.2 Å². The van der Waals surface area contributed by atoms with E-state index in [4.69, 9.17) is 16.3 Å². The van der Waals surface area contributed by atoms with Gasteiger partial charge in [-0.1, -0.05) is 60.1 Å². The maximum atomic E-state index is 14.0. The molecular weight excluding hydrogens is 560 g/mol. The predicted molar refractivity (Wildman–Crippen MR) is 154 cm³/mol. The Balaban J connectivity index is 1.46. The van der Waals surface area contributed by atoms with Crippen molar-refractivity contribution in [3.05, 3.63) is 111 Å². The smallest absolute Gasteiger partial charge is 0.342 e. The fraction of sp³-hybridized carbons (Fsp3) is 0.226. The Morgan fingerprint density at radius 3 is 2.43 bits per heavy atom. The van der Waals surface area contributed by atoms with Crippen LogP contribution in [0.2, 0.25) is 5.02 Å². The van der Waals surface area contributed by atoms with Gasteiger partial charge in [0.25, 0.3) is 11.5 Å². The molecule has 11 heteroatoms. The third-order valence-corrected chi connectivity index (χ3v) is 7.39. The Morgan fingerprint density at radius 1 is 1.00 bits per heavy atom. The monoisotopic (exact) mass is 586 g/mol. The molecule has 2 N–H and O–H groups in total. The second-order valence-corrected chi connectivity index (χ2v) is 10.5. The van der Waals surface area contributed by atoms with Gasteiger partial charge in [-0.05, 0) is 54.3 Å². The van der Waals surface area contributed by atoms with Crippen molar-refractivity contribution in [1.29, 1.82) is 0 Å². The number of aryl methyl sites for hydroxylation is 1. The zero-order valence-electron chi connectivity index (χ0n) is 22.7. The summed E-state index contributed by atoms with van der Waals surface area (Å²) in [7, 11) is 0. The van der Waals surface area contributed by atoms with Gasteiger partial charge in [0.05, 0.1) is 17.3 Å². The summed E-state index contributed by atoms with van der Waals surface area (Å²) >= 11 is 5.91. The van der Waals surface area contributed by atoms with E-state index in [9.17, 15) is 24.0 Å². The number of fused-ring (bicyclic) bond motifs is 1. The molecule has 0 unspecified atom stereocenters. The Labute approximate surface area is 245 Å². The van der Waals surface area contributed by atoms with Gasteiger partial charge in [-0.15, -0.1) is 0 Å². The van der Waals surface area contributed by atoms with E-state index in [0.717, 1.165) is 10.1 Å². The van der Waals surface area contributed by atoms with E-state index in [1.165, 1.54) is 6.92 Å².